The van der Waals surface area contributed by atoms with Crippen LogP contribution in [0.1, 0.15) is 38.5 Å². The monoisotopic (exact) mass is 370 g/mol. The summed E-state index contributed by atoms with van der Waals surface area (Å²) in [7, 11) is 0. The smallest absolute Gasteiger partial charge is 0.262 e. The molecule has 9 heteroatoms. The van der Waals surface area contributed by atoms with Crippen LogP contribution in [0.4, 0.5) is 11.4 Å². The minimum Gasteiger partial charge on any atom is -0.482 e. The SMILES string of the molecule is O=C(CC1(Cn2cnnn2)CCCCC1)Nc1ccc2c(c1)NC(=O)CO2. The van der Waals surface area contributed by atoms with Crippen molar-refractivity contribution in [2.75, 3.05) is 17.2 Å². The summed E-state index contributed by atoms with van der Waals surface area (Å²) in [5.74, 6) is 0.358. The lowest BCUT2D eigenvalue weighted by atomic mass is 9.71. The molecule has 2 N–H and O–H groups in total. The molecular formula is C18H22N6O3. The van der Waals surface area contributed by atoms with E-state index >= 15 is 0 Å². The number of nitrogens with one attached hydrogen (secondary N) is 2. The number of carbonyl (C=O) groups excluding carboxylic acids is 2. The molecule has 0 radical (unpaired) electrons. The number of nitrogens with zero attached hydrogens (tertiary/aromatic N) is 4. The minimum absolute atomic E-state index is 0.0123. The molecule has 0 atom stereocenters. The lowest BCUT2D eigenvalue weighted by molar-refractivity contribution is -0.119. The molecule has 0 bridgehead atoms. The number of ether oxygens (including phenoxy) is 1. The van der Waals surface area contributed by atoms with Crippen molar-refractivity contribution in [3.05, 3.63) is 24.5 Å². The molecule has 2 aromatic rings. The summed E-state index contributed by atoms with van der Waals surface area (Å²) < 4.78 is 7.06. The molecule has 4 rings (SSSR count). The van der Waals surface area contributed by atoms with Gasteiger partial charge in [-0.1, -0.05) is 19.3 Å². The van der Waals surface area contributed by atoms with Gasteiger partial charge >= 0.3 is 0 Å². The van der Waals surface area contributed by atoms with E-state index in [1.165, 1.54) is 6.42 Å². The van der Waals surface area contributed by atoms with E-state index in [4.69, 9.17) is 4.74 Å². The molecule has 1 aliphatic heterocycles. The molecule has 9 nitrogen and oxygen atoms in total. The van der Waals surface area contributed by atoms with Gasteiger partial charge in [0.05, 0.1) is 12.2 Å². The third-order valence-electron chi connectivity index (χ3n) is 5.23. The fraction of sp³-hybridized carbons (Fsp3) is 0.500. The van der Waals surface area contributed by atoms with E-state index in [2.05, 4.69) is 26.2 Å². The first-order valence-electron chi connectivity index (χ1n) is 9.19. The van der Waals surface area contributed by atoms with Crippen molar-refractivity contribution in [3.63, 3.8) is 0 Å². The fourth-order valence-corrected chi connectivity index (χ4v) is 4.00. The number of anilines is 2. The number of fused-ring (bicyclic) bond motifs is 1. The number of aromatic nitrogens is 4. The molecule has 1 fully saturated rings. The molecule has 2 amide bonds. The lowest BCUT2D eigenvalue weighted by Gasteiger charge is -2.36. The maximum absolute atomic E-state index is 12.8. The standard InChI is InChI=1S/C18H22N6O3/c25-16(20-13-4-5-15-14(8-13)21-17(26)10-27-15)9-18(6-2-1-3-7-18)11-24-12-19-22-23-24/h4-5,8,12H,1-3,6-7,9-11H2,(H,20,25)(H,21,26). The summed E-state index contributed by atoms with van der Waals surface area (Å²) in [5.41, 5.74) is 1.08. The van der Waals surface area contributed by atoms with Gasteiger partial charge < -0.3 is 15.4 Å². The highest BCUT2D eigenvalue weighted by atomic mass is 16.5. The van der Waals surface area contributed by atoms with Crippen LogP contribution in [0.3, 0.4) is 0 Å². The summed E-state index contributed by atoms with van der Waals surface area (Å²) in [6.07, 6.45) is 7.38. The highest BCUT2D eigenvalue weighted by Gasteiger charge is 2.35. The quantitative estimate of drug-likeness (QED) is 0.832. The zero-order valence-corrected chi connectivity index (χ0v) is 15.0. The van der Waals surface area contributed by atoms with Crippen LogP contribution in [0.5, 0.6) is 5.75 Å². The van der Waals surface area contributed by atoms with Crippen molar-refractivity contribution in [2.45, 2.75) is 45.1 Å². The fourth-order valence-electron chi connectivity index (χ4n) is 4.00. The minimum atomic E-state index is -0.200. The first-order chi connectivity index (χ1) is 13.1. The van der Waals surface area contributed by atoms with Gasteiger partial charge in [-0.25, -0.2) is 4.68 Å². The van der Waals surface area contributed by atoms with Gasteiger partial charge in [0, 0.05) is 12.1 Å². The number of carbonyl (C=O) groups is 2. The van der Waals surface area contributed by atoms with Crippen LogP contribution in [0, 0.1) is 5.41 Å². The van der Waals surface area contributed by atoms with E-state index in [1.807, 2.05) is 0 Å². The zero-order chi connectivity index (χ0) is 18.7. The van der Waals surface area contributed by atoms with Gasteiger partial charge in [-0.3, -0.25) is 9.59 Å². The van der Waals surface area contributed by atoms with Gasteiger partial charge in [0.2, 0.25) is 5.91 Å². The number of tetrazole rings is 1. The first kappa shape index (κ1) is 17.4. The van der Waals surface area contributed by atoms with Crippen molar-refractivity contribution in [3.8, 4) is 5.75 Å². The van der Waals surface area contributed by atoms with E-state index in [1.54, 1.807) is 29.2 Å². The second-order valence-electron chi connectivity index (χ2n) is 7.34. The topological polar surface area (TPSA) is 111 Å². The predicted molar refractivity (Wildman–Crippen MR) is 97.1 cm³/mol. The molecule has 1 aromatic heterocycles. The van der Waals surface area contributed by atoms with Crippen LogP contribution in [-0.2, 0) is 16.1 Å². The van der Waals surface area contributed by atoms with E-state index in [0.717, 1.165) is 25.7 Å². The van der Waals surface area contributed by atoms with Crippen LogP contribution in [0.25, 0.3) is 0 Å². The van der Waals surface area contributed by atoms with Crippen molar-refractivity contribution < 1.29 is 14.3 Å². The molecule has 27 heavy (non-hydrogen) atoms. The average Bonchev–Trinajstić information content (AvgIpc) is 3.14. The highest BCUT2D eigenvalue weighted by Crippen LogP contribution is 2.41. The lowest BCUT2D eigenvalue weighted by Crippen LogP contribution is -2.34. The highest BCUT2D eigenvalue weighted by molar-refractivity contribution is 5.97. The average molecular weight is 370 g/mol. The Morgan fingerprint density at radius 2 is 2.15 bits per heavy atom. The normalized spacial score (nSPS) is 18.1. The van der Waals surface area contributed by atoms with Crippen LogP contribution in [0.2, 0.25) is 0 Å². The van der Waals surface area contributed by atoms with Crippen molar-refractivity contribution in [1.82, 2.24) is 20.2 Å². The summed E-state index contributed by atoms with van der Waals surface area (Å²) in [6.45, 7) is 0.653. The maximum atomic E-state index is 12.8. The molecule has 2 heterocycles. The Morgan fingerprint density at radius 1 is 1.30 bits per heavy atom. The molecule has 1 saturated carbocycles. The second kappa shape index (κ2) is 7.34. The Kier molecular flexibility index (Phi) is 4.74. The van der Waals surface area contributed by atoms with Gasteiger partial charge in [-0.2, -0.15) is 0 Å². The molecule has 1 aliphatic carbocycles. The Labute approximate surface area is 156 Å². The molecule has 0 saturated heterocycles. The largest absolute Gasteiger partial charge is 0.482 e. The zero-order valence-electron chi connectivity index (χ0n) is 15.0. The van der Waals surface area contributed by atoms with Gasteiger partial charge in [-0.05, 0) is 46.9 Å². The van der Waals surface area contributed by atoms with Crippen LogP contribution < -0.4 is 15.4 Å². The number of amides is 2. The van der Waals surface area contributed by atoms with Gasteiger partial charge in [-0.15, -0.1) is 5.10 Å². The predicted octanol–water partition coefficient (Wildman–Crippen LogP) is 1.98. The van der Waals surface area contributed by atoms with Crippen LogP contribution in [-0.4, -0.2) is 38.6 Å². The number of benzene rings is 1. The Balaban J connectivity index is 1.45. The van der Waals surface area contributed by atoms with Crippen LogP contribution in [0.15, 0.2) is 24.5 Å². The Hall–Kier alpha value is -2.97. The Bertz CT molecular complexity index is 830. The molecule has 0 unspecified atom stereocenters. The summed E-state index contributed by atoms with van der Waals surface area (Å²) in [6, 6.07) is 5.25. The molecular weight excluding hydrogens is 348 g/mol. The van der Waals surface area contributed by atoms with E-state index in [0.29, 0.717) is 30.1 Å². The first-order valence-corrected chi connectivity index (χ1v) is 9.19. The molecule has 142 valence electrons. The number of hydrogen-bond donors (Lipinski definition) is 2. The van der Waals surface area contributed by atoms with E-state index in [-0.39, 0.29) is 23.8 Å². The van der Waals surface area contributed by atoms with Gasteiger partial charge in [0.15, 0.2) is 6.61 Å². The van der Waals surface area contributed by atoms with Gasteiger partial charge in [0.1, 0.15) is 12.1 Å². The second-order valence-corrected chi connectivity index (χ2v) is 7.34. The third-order valence-corrected chi connectivity index (χ3v) is 5.23. The number of hydrogen-bond acceptors (Lipinski definition) is 6. The summed E-state index contributed by atoms with van der Waals surface area (Å²) >= 11 is 0. The number of rotatable bonds is 5. The molecule has 0 spiro atoms. The summed E-state index contributed by atoms with van der Waals surface area (Å²) in [4.78, 5) is 24.2. The molecule has 1 aromatic carbocycles. The summed E-state index contributed by atoms with van der Waals surface area (Å²) in [5, 5.41) is 17.1. The van der Waals surface area contributed by atoms with E-state index in [9.17, 15) is 9.59 Å². The van der Waals surface area contributed by atoms with E-state index < -0.39 is 0 Å². The Morgan fingerprint density at radius 3 is 2.93 bits per heavy atom. The van der Waals surface area contributed by atoms with Crippen molar-refractivity contribution in [1.29, 1.82) is 0 Å². The van der Waals surface area contributed by atoms with Crippen LogP contribution >= 0.6 is 0 Å². The maximum Gasteiger partial charge on any atom is 0.262 e. The third kappa shape index (κ3) is 4.07. The van der Waals surface area contributed by atoms with Crippen molar-refractivity contribution in [2.24, 2.45) is 5.41 Å². The molecule has 2 aliphatic rings. The van der Waals surface area contributed by atoms with Crippen molar-refractivity contribution >= 4 is 23.2 Å². The van der Waals surface area contributed by atoms with Gasteiger partial charge in [0.25, 0.3) is 5.91 Å².